The third-order valence-corrected chi connectivity index (χ3v) is 4.76. The molecule has 1 aliphatic rings. The van der Waals surface area contributed by atoms with Crippen LogP contribution in [0.15, 0.2) is 77.3 Å². The van der Waals surface area contributed by atoms with Crippen molar-refractivity contribution in [3.05, 3.63) is 77.3 Å². The van der Waals surface area contributed by atoms with E-state index in [1.807, 2.05) is 0 Å². The van der Waals surface area contributed by atoms with Crippen molar-refractivity contribution >= 4 is 44.4 Å². The van der Waals surface area contributed by atoms with Crippen LogP contribution in [0.3, 0.4) is 0 Å². The normalized spacial score (nSPS) is 12.8. The monoisotopic (exact) mass is 364 g/mol. The number of para-hydroxylation sites is 4. The molecule has 0 N–H and O–H groups in total. The van der Waals surface area contributed by atoms with Gasteiger partial charge in [0, 0.05) is 16.7 Å². The summed E-state index contributed by atoms with van der Waals surface area (Å²) >= 11 is 3.53. The van der Waals surface area contributed by atoms with Crippen LogP contribution in [0.4, 0.5) is 28.4 Å². The predicted octanol–water partition coefficient (Wildman–Crippen LogP) is 6.39. The van der Waals surface area contributed by atoms with Crippen LogP contribution in [-0.2, 0) is 0 Å². The van der Waals surface area contributed by atoms with Crippen LogP contribution >= 0.6 is 15.9 Å². The van der Waals surface area contributed by atoms with Crippen molar-refractivity contribution in [2.24, 2.45) is 0 Å². The lowest BCUT2D eigenvalue weighted by Gasteiger charge is -2.39. The molecule has 1 heterocycles. The zero-order valence-electron chi connectivity index (χ0n) is 12.9. The van der Waals surface area contributed by atoms with Gasteiger partial charge in [0.2, 0.25) is 0 Å². The second-order valence-corrected chi connectivity index (χ2v) is 6.45. The summed E-state index contributed by atoms with van der Waals surface area (Å²) in [6.07, 6.45) is 0. The predicted molar refractivity (Wildman–Crippen MR) is 102 cm³/mol. The Morgan fingerprint density at radius 2 is 1.17 bits per heavy atom. The summed E-state index contributed by atoms with van der Waals surface area (Å²) < 4.78 is 1.09. The van der Waals surface area contributed by atoms with Crippen molar-refractivity contribution in [1.82, 2.24) is 0 Å². The molecule has 3 aromatic carbocycles. The topological polar surface area (TPSA) is 6.48 Å². The molecule has 0 aromatic heterocycles. The van der Waals surface area contributed by atoms with Gasteiger partial charge in [-0.25, -0.2) is 0 Å². The Morgan fingerprint density at radius 3 is 1.65 bits per heavy atom. The number of benzene rings is 3. The van der Waals surface area contributed by atoms with Gasteiger partial charge in [-0.1, -0.05) is 40.2 Å². The molecule has 0 saturated heterocycles. The van der Waals surface area contributed by atoms with E-state index in [-0.39, 0.29) is 0 Å². The average Bonchev–Trinajstić information content (AvgIpc) is 2.60. The number of halogens is 1. The van der Waals surface area contributed by atoms with Gasteiger partial charge in [-0.2, -0.15) is 0 Å². The summed E-state index contributed by atoms with van der Waals surface area (Å²) in [5, 5.41) is 0. The van der Waals surface area contributed by atoms with Gasteiger partial charge in [-0.3, -0.25) is 0 Å². The average molecular weight is 365 g/mol. The molecule has 2 nitrogen and oxygen atoms in total. The molecule has 0 aliphatic carbocycles. The molecule has 0 atom stereocenters. The van der Waals surface area contributed by atoms with Gasteiger partial charge in [0.15, 0.2) is 0 Å². The standard InChI is InChI=1S/C20H17BrN2/c1-2-22-17-7-3-5-9-19(17)23(16-13-11-15(21)12-14-16)20-10-6-4-8-18(20)22/h3-14H,2H2,1H3. The smallest absolute Gasteiger partial charge is 0.0699 e. The van der Waals surface area contributed by atoms with Crippen LogP contribution in [0.25, 0.3) is 0 Å². The largest absolute Gasteiger partial charge is 0.338 e. The van der Waals surface area contributed by atoms with Crippen molar-refractivity contribution in [2.75, 3.05) is 16.3 Å². The Kier molecular flexibility index (Phi) is 3.58. The highest BCUT2D eigenvalue weighted by Gasteiger charge is 2.27. The molecule has 1 aliphatic heterocycles. The molecule has 23 heavy (non-hydrogen) atoms. The number of fused-ring (bicyclic) bond motifs is 2. The molecule has 4 rings (SSSR count). The van der Waals surface area contributed by atoms with Gasteiger partial charge in [0.05, 0.1) is 22.7 Å². The van der Waals surface area contributed by atoms with E-state index >= 15 is 0 Å². The summed E-state index contributed by atoms with van der Waals surface area (Å²) in [6.45, 7) is 3.14. The first-order chi connectivity index (χ1) is 11.3. The lowest BCUT2D eigenvalue weighted by molar-refractivity contribution is 0.999. The summed E-state index contributed by atoms with van der Waals surface area (Å²) in [5.74, 6) is 0. The third-order valence-electron chi connectivity index (χ3n) is 4.23. The first-order valence-electron chi connectivity index (χ1n) is 7.81. The van der Waals surface area contributed by atoms with Gasteiger partial charge in [-0.05, 0) is 55.5 Å². The van der Waals surface area contributed by atoms with E-state index in [0.717, 1.165) is 11.0 Å². The highest BCUT2D eigenvalue weighted by molar-refractivity contribution is 9.10. The van der Waals surface area contributed by atoms with Crippen molar-refractivity contribution in [3.8, 4) is 0 Å². The maximum atomic E-state index is 3.53. The molecule has 0 fully saturated rings. The van der Waals surface area contributed by atoms with E-state index in [1.165, 1.54) is 28.4 Å². The highest BCUT2D eigenvalue weighted by atomic mass is 79.9. The van der Waals surface area contributed by atoms with Crippen LogP contribution in [0.2, 0.25) is 0 Å². The zero-order valence-corrected chi connectivity index (χ0v) is 14.5. The van der Waals surface area contributed by atoms with Crippen molar-refractivity contribution in [2.45, 2.75) is 6.92 Å². The number of rotatable bonds is 2. The maximum absolute atomic E-state index is 3.53. The first kappa shape index (κ1) is 14.3. The molecule has 0 bridgehead atoms. The SMILES string of the molecule is CCN1c2ccccc2N(c2ccc(Br)cc2)c2ccccc21. The van der Waals surface area contributed by atoms with E-state index in [9.17, 15) is 0 Å². The fraction of sp³-hybridized carbons (Fsp3) is 0.100. The number of hydrogen-bond acceptors (Lipinski definition) is 2. The number of hydrogen-bond donors (Lipinski definition) is 0. The molecule has 3 heteroatoms. The summed E-state index contributed by atoms with van der Waals surface area (Å²) in [6, 6.07) is 25.7. The van der Waals surface area contributed by atoms with Gasteiger partial charge in [-0.15, -0.1) is 0 Å². The minimum absolute atomic E-state index is 0.947. The Balaban J connectivity index is 1.98. The van der Waals surface area contributed by atoms with Gasteiger partial charge < -0.3 is 9.80 Å². The molecule has 0 radical (unpaired) electrons. The number of anilines is 5. The molecule has 0 spiro atoms. The second-order valence-electron chi connectivity index (χ2n) is 5.53. The van der Waals surface area contributed by atoms with Crippen LogP contribution < -0.4 is 9.80 Å². The van der Waals surface area contributed by atoms with Crippen LogP contribution in [0.1, 0.15) is 6.92 Å². The lowest BCUT2D eigenvalue weighted by atomic mass is 10.1. The van der Waals surface area contributed by atoms with E-state index in [1.54, 1.807) is 0 Å². The molecule has 3 aromatic rings. The maximum Gasteiger partial charge on any atom is 0.0699 e. The number of nitrogens with zero attached hydrogens (tertiary/aromatic N) is 2. The Labute approximate surface area is 145 Å². The highest BCUT2D eigenvalue weighted by Crippen LogP contribution is 2.50. The van der Waals surface area contributed by atoms with E-state index < -0.39 is 0 Å². The van der Waals surface area contributed by atoms with Gasteiger partial charge in [0.1, 0.15) is 0 Å². The van der Waals surface area contributed by atoms with Crippen LogP contribution in [-0.4, -0.2) is 6.54 Å². The lowest BCUT2D eigenvalue weighted by Crippen LogP contribution is -2.26. The molecular formula is C20H17BrN2. The fourth-order valence-electron chi connectivity index (χ4n) is 3.23. The van der Waals surface area contributed by atoms with E-state index in [4.69, 9.17) is 0 Å². The fourth-order valence-corrected chi connectivity index (χ4v) is 3.50. The second kappa shape index (κ2) is 5.74. The van der Waals surface area contributed by atoms with Crippen molar-refractivity contribution < 1.29 is 0 Å². The molecule has 114 valence electrons. The minimum Gasteiger partial charge on any atom is -0.338 e. The Bertz CT molecular complexity index is 795. The van der Waals surface area contributed by atoms with Crippen LogP contribution in [0, 0.1) is 0 Å². The van der Waals surface area contributed by atoms with Crippen LogP contribution in [0.5, 0.6) is 0 Å². The summed E-state index contributed by atoms with van der Waals surface area (Å²) in [4.78, 5) is 4.71. The zero-order chi connectivity index (χ0) is 15.8. The van der Waals surface area contributed by atoms with Gasteiger partial charge >= 0.3 is 0 Å². The molecule has 0 amide bonds. The third kappa shape index (κ3) is 2.32. The van der Waals surface area contributed by atoms with Crippen molar-refractivity contribution in [1.29, 1.82) is 0 Å². The Morgan fingerprint density at radius 1 is 0.696 bits per heavy atom. The van der Waals surface area contributed by atoms with Crippen molar-refractivity contribution in [3.63, 3.8) is 0 Å². The summed E-state index contributed by atoms with van der Waals surface area (Å²) in [5.41, 5.74) is 6.10. The molecule has 0 saturated carbocycles. The van der Waals surface area contributed by atoms with E-state index in [2.05, 4.69) is 105 Å². The molecular weight excluding hydrogens is 348 g/mol. The first-order valence-corrected chi connectivity index (χ1v) is 8.60. The Hall–Kier alpha value is -2.26. The van der Waals surface area contributed by atoms with E-state index in [0.29, 0.717) is 0 Å². The molecule has 0 unspecified atom stereocenters. The quantitative estimate of drug-likeness (QED) is 0.519. The van der Waals surface area contributed by atoms with Gasteiger partial charge in [0.25, 0.3) is 0 Å². The summed E-state index contributed by atoms with van der Waals surface area (Å²) in [7, 11) is 0. The minimum atomic E-state index is 0.947.